The Bertz CT molecular complexity index is 1580. The molecule has 1 amide bonds. The fraction of sp³-hybridized carbons (Fsp3) is 0.312. The number of unbranched alkanes of at least 4 members (excludes halogenated alkanes) is 2. The molecule has 0 bridgehead atoms. The lowest BCUT2D eigenvalue weighted by Crippen LogP contribution is -2.29. The Balaban J connectivity index is 1.62. The Morgan fingerprint density at radius 1 is 0.925 bits per heavy atom. The van der Waals surface area contributed by atoms with Crippen LogP contribution in [0.15, 0.2) is 69.9 Å². The number of carbonyl (C=O) groups is 1. The molecule has 7 nitrogen and oxygen atoms in total. The van der Waals surface area contributed by atoms with E-state index in [1.54, 1.807) is 30.2 Å². The number of hydrogen-bond acceptors (Lipinski definition) is 6. The molecule has 0 spiro atoms. The first-order valence-corrected chi connectivity index (χ1v) is 13.9. The van der Waals surface area contributed by atoms with E-state index in [1.807, 2.05) is 49.4 Å². The molecular formula is C32H32ClNO6. The van der Waals surface area contributed by atoms with E-state index in [2.05, 4.69) is 6.92 Å². The van der Waals surface area contributed by atoms with E-state index in [-0.39, 0.29) is 29.2 Å². The van der Waals surface area contributed by atoms with Gasteiger partial charge in [-0.25, -0.2) is 0 Å². The summed E-state index contributed by atoms with van der Waals surface area (Å²) in [6.07, 6.45) is 3.12. The van der Waals surface area contributed by atoms with E-state index in [4.69, 9.17) is 30.2 Å². The van der Waals surface area contributed by atoms with Crippen LogP contribution in [0.3, 0.4) is 0 Å². The number of benzene rings is 3. The Labute approximate surface area is 238 Å². The van der Waals surface area contributed by atoms with E-state index in [9.17, 15) is 9.59 Å². The van der Waals surface area contributed by atoms with Crippen molar-refractivity contribution in [3.8, 4) is 17.2 Å². The summed E-state index contributed by atoms with van der Waals surface area (Å²) in [6, 6.07) is 17.2. The van der Waals surface area contributed by atoms with E-state index in [0.29, 0.717) is 46.5 Å². The van der Waals surface area contributed by atoms with Crippen LogP contribution in [0.25, 0.3) is 11.0 Å². The van der Waals surface area contributed by atoms with Gasteiger partial charge in [-0.3, -0.25) is 9.59 Å². The van der Waals surface area contributed by atoms with Crippen LogP contribution in [-0.2, 0) is 6.54 Å². The van der Waals surface area contributed by atoms with Gasteiger partial charge in [0, 0.05) is 11.6 Å². The fourth-order valence-corrected chi connectivity index (χ4v) is 5.22. The Morgan fingerprint density at radius 3 is 2.45 bits per heavy atom. The Hall–Kier alpha value is -3.97. The number of halogens is 1. The predicted octanol–water partition coefficient (Wildman–Crippen LogP) is 7.17. The molecule has 1 aliphatic heterocycles. The van der Waals surface area contributed by atoms with Crippen LogP contribution in [0.1, 0.15) is 66.4 Å². The molecule has 1 unspecified atom stereocenters. The van der Waals surface area contributed by atoms with Gasteiger partial charge in [-0.15, -0.1) is 0 Å². The average Bonchev–Trinajstić information content (AvgIpc) is 3.24. The normalized spacial score (nSPS) is 14.4. The van der Waals surface area contributed by atoms with Crippen molar-refractivity contribution in [1.82, 2.24) is 4.90 Å². The van der Waals surface area contributed by atoms with Crippen LogP contribution >= 0.6 is 11.6 Å². The van der Waals surface area contributed by atoms with Crippen molar-refractivity contribution in [2.24, 2.45) is 0 Å². The summed E-state index contributed by atoms with van der Waals surface area (Å²) in [7, 11) is 1.60. The summed E-state index contributed by atoms with van der Waals surface area (Å²) >= 11 is 6.22. The third-order valence-corrected chi connectivity index (χ3v) is 7.26. The van der Waals surface area contributed by atoms with Crippen molar-refractivity contribution in [3.05, 3.63) is 98.4 Å². The maximum absolute atomic E-state index is 13.9. The van der Waals surface area contributed by atoms with Gasteiger partial charge in [0.1, 0.15) is 11.3 Å². The minimum atomic E-state index is -0.697. The van der Waals surface area contributed by atoms with E-state index < -0.39 is 6.04 Å². The fourth-order valence-electron chi connectivity index (χ4n) is 5.05. The van der Waals surface area contributed by atoms with E-state index in [1.165, 1.54) is 0 Å². The van der Waals surface area contributed by atoms with E-state index >= 15 is 0 Å². The van der Waals surface area contributed by atoms with Gasteiger partial charge >= 0.3 is 0 Å². The molecule has 1 aromatic heterocycles. The second-order valence-electron chi connectivity index (χ2n) is 9.69. The largest absolute Gasteiger partial charge is 0.497 e. The molecule has 4 aromatic rings. The molecule has 0 fully saturated rings. The zero-order valence-electron chi connectivity index (χ0n) is 22.9. The highest BCUT2D eigenvalue weighted by Crippen LogP contribution is 2.42. The maximum atomic E-state index is 13.9. The van der Waals surface area contributed by atoms with Crippen LogP contribution in [0, 0.1) is 0 Å². The van der Waals surface area contributed by atoms with Crippen LogP contribution in [0.5, 0.6) is 17.2 Å². The zero-order valence-corrected chi connectivity index (χ0v) is 23.6. The topological polar surface area (TPSA) is 78.2 Å². The summed E-state index contributed by atoms with van der Waals surface area (Å²) < 4.78 is 23.3. The molecular weight excluding hydrogens is 530 g/mol. The first-order valence-electron chi connectivity index (χ1n) is 13.5. The smallest absolute Gasteiger partial charge is 0.291 e. The molecule has 3 aromatic carbocycles. The number of rotatable bonds is 11. The molecule has 8 heteroatoms. The summed E-state index contributed by atoms with van der Waals surface area (Å²) in [5.74, 6) is 1.59. The monoisotopic (exact) mass is 561 g/mol. The quantitative estimate of drug-likeness (QED) is 0.181. The highest BCUT2D eigenvalue weighted by atomic mass is 35.5. The number of ether oxygens (including phenoxy) is 3. The lowest BCUT2D eigenvalue weighted by Gasteiger charge is -2.26. The second kappa shape index (κ2) is 12.0. The molecule has 0 aliphatic carbocycles. The molecule has 2 heterocycles. The standard InChI is InChI=1S/C32H32ClNO6/c1-4-6-7-16-39-26-14-10-21(17-27(26)38-5-2)29-28-30(35)24-18-22(33)11-15-25(24)40-31(28)32(36)34(29)19-20-8-12-23(37-3)13-9-20/h8-15,17-18,29H,4-7,16,19H2,1-3H3. The van der Waals surface area contributed by atoms with Gasteiger partial charge in [0.25, 0.3) is 5.91 Å². The SMILES string of the molecule is CCCCCOc1ccc(C2c3c(oc4ccc(Cl)cc4c3=O)C(=O)N2Cc2ccc(OC)cc2)cc1OCC. The summed E-state index contributed by atoms with van der Waals surface area (Å²) in [5.41, 5.74) is 1.92. The van der Waals surface area contributed by atoms with Gasteiger partial charge in [0.15, 0.2) is 16.9 Å². The minimum Gasteiger partial charge on any atom is -0.497 e. The predicted molar refractivity (Wildman–Crippen MR) is 155 cm³/mol. The third kappa shape index (κ3) is 5.39. The number of carbonyl (C=O) groups excluding carboxylic acids is 1. The first-order chi connectivity index (χ1) is 19.4. The molecule has 0 N–H and O–H groups in total. The van der Waals surface area contributed by atoms with Gasteiger partial charge in [0.2, 0.25) is 5.76 Å². The number of hydrogen-bond donors (Lipinski definition) is 0. The molecule has 40 heavy (non-hydrogen) atoms. The third-order valence-electron chi connectivity index (χ3n) is 7.03. The Morgan fingerprint density at radius 2 is 1.73 bits per heavy atom. The van der Waals surface area contributed by atoms with Gasteiger partial charge in [-0.05, 0) is 66.9 Å². The van der Waals surface area contributed by atoms with Gasteiger partial charge in [0.05, 0.1) is 37.3 Å². The van der Waals surface area contributed by atoms with Crippen molar-refractivity contribution in [2.75, 3.05) is 20.3 Å². The molecule has 1 atom stereocenters. The van der Waals surface area contributed by atoms with Gasteiger partial charge < -0.3 is 23.5 Å². The molecule has 0 saturated heterocycles. The minimum absolute atomic E-state index is 0.0381. The highest BCUT2D eigenvalue weighted by molar-refractivity contribution is 6.31. The molecule has 1 aliphatic rings. The van der Waals surface area contributed by atoms with Crippen LogP contribution in [-0.4, -0.2) is 31.1 Å². The summed E-state index contributed by atoms with van der Waals surface area (Å²) in [4.78, 5) is 29.4. The molecule has 0 radical (unpaired) electrons. The number of nitrogens with zero attached hydrogens (tertiary/aromatic N) is 1. The molecule has 0 saturated carbocycles. The molecule has 5 rings (SSSR count). The summed E-state index contributed by atoms with van der Waals surface area (Å²) in [5, 5.41) is 0.746. The van der Waals surface area contributed by atoms with Crippen LogP contribution in [0.2, 0.25) is 5.02 Å². The Kier molecular flexibility index (Phi) is 8.31. The zero-order chi connectivity index (χ0) is 28.2. The van der Waals surface area contributed by atoms with Crippen LogP contribution < -0.4 is 19.6 Å². The van der Waals surface area contributed by atoms with Crippen LogP contribution in [0.4, 0.5) is 0 Å². The van der Waals surface area contributed by atoms with Crippen molar-refractivity contribution in [2.45, 2.75) is 45.7 Å². The van der Waals surface area contributed by atoms with Crippen molar-refractivity contribution >= 4 is 28.5 Å². The van der Waals surface area contributed by atoms with Crippen molar-refractivity contribution < 1.29 is 23.4 Å². The second-order valence-corrected chi connectivity index (χ2v) is 10.1. The van der Waals surface area contributed by atoms with E-state index in [0.717, 1.165) is 30.4 Å². The highest BCUT2D eigenvalue weighted by Gasteiger charge is 2.43. The summed E-state index contributed by atoms with van der Waals surface area (Å²) in [6.45, 7) is 5.33. The first kappa shape index (κ1) is 27.6. The number of methoxy groups -OCH3 is 1. The average molecular weight is 562 g/mol. The number of amides is 1. The van der Waals surface area contributed by atoms with Gasteiger partial charge in [-0.1, -0.05) is 49.6 Å². The molecule has 208 valence electrons. The van der Waals surface area contributed by atoms with Crippen molar-refractivity contribution in [1.29, 1.82) is 0 Å². The van der Waals surface area contributed by atoms with Crippen molar-refractivity contribution in [3.63, 3.8) is 0 Å². The maximum Gasteiger partial charge on any atom is 0.291 e. The lowest BCUT2D eigenvalue weighted by molar-refractivity contribution is 0.0714. The lowest BCUT2D eigenvalue weighted by atomic mass is 9.97. The van der Waals surface area contributed by atoms with Gasteiger partial charge in [-0.2, -0.15) is 0 Å². The number of fused-ring (bicyclic) bond motifs is 2.